The van der Waals surface area contributed by atoms with Gasteiger partial charge < -0.3 is 14.2 Å². The summed E-state index contributed by atoms with van der Waals surface area (Å²) in [5, 5.41) is 8.91. The number of benzene rings is 2. The van der Waals surface area contributed by atoms with Gasteiger partial charge in [-0.25, -0.2) is 0 Å². The molecule has 0 saturated carbocycles. The highest BCUT2D eigenvalue weighted by atomic mass is 79.9. The fourth-order valence-electron chi connectivity index (χ4n) is 2.59. The molecule has 2 aromatic rings. The average molecular weight is 474 g/mol. The van der Waals surface area contributed by atoms with Crippen molar-refractivity contribution in [1.82, 2.24) is 0 Å². The number of hydrogen-bond acceptors (Lipinski definition) is 6. The Hall–Kier alpha value is -2.85. The van der Waals surface area contributed by atoms with E-state index in [1.165, 1.54) is 0 Å². The van der Waals surface area contributed by atoms with E-state index in [-0.39, 0.29) is 12.4 Å². The number of carbonyl (C=O) groups is 2. The molecule has 0 heterocycles. The second-order valence-corrected chi connectivity index (χ2v) is 7.36. The van der Waals surface area contributed by atoms with Crippen LogP contribution in [0.25, 0.3) is 0 Å². The zero-order valence-electron chi connectivity index (χ0n) is 17.0. The summed E-state index contributed by atoms with van der Waals surface area (Å²) in [6.45, 7) is 3.97. The summed E-state index contributed by atoms with van der Waals surface area (Å²) in [5.74, 6) is 0.164. The Morgan fingerprint density at radius 1 is 1.00 bits per heavy atom. The van der Waals surface area contributed by atoms with Crippen molar-refractivity contribution in [3.8, 4) is 17.6 Å². The highest BCUT2D eigenvalue weighted by Crippen LogP contribution is 2.21. The molecule has 0 aliphatic rings. The summed E-state index contributed by atoms with van der Waals surface area (Å²) in [4.78, 5) is 23.1. The molecule has 6 nitrogen and oxygen atoms in total. The van der Waals surface area contributed by atoms with Crippen molar-refractivity contribution >= 4 is 27.7 Å². The van der Waals surface area contributed by atoms with Crippen LogP contribution in [-0.4, -0.2) is 29.5 Å². The Labute approximate surface area is 184 Å². The highest BCUT2D eigenvalue weighted by Gasteiger charge is 2.26. The van der Waals surface area contributed by atoms with Gasteiger partial charge >= 0.3 is 5.97 Å². The van der Waals surface area contributed by atoms with E-state index in [1.54, 1.807) is 55.5 Å². The largest absolute Gasteiger partial charge is 0.465 e. The average Bonchev–Trinajstić information content (AvgIpc) is 2.77. The lowest BCUT2D eigenvalue weighted by atomic mass is 10.1. The molecule has 2 atom stereocenters. The van der Waals surface area contributed by atoms with Crippen LogP contribution in [0.15, 0.2) is 48.5 Å². The molecule has 0 aliphatic heterocycles. The number of rotatable bonds is 11. The number of alkyl halides is 1. The third-order valence-corrected chi connectivity index (χ3v) is 4.96. The molecule has 0 spiro atoms. The van der Waals surface area contributed by atoms with Gasteiger partial charge in [-0.15, -0.1) is 0 Å². The lowest BCUT2D eigenvalue weighted by Gasteiger charge is -2.20. The number of nitriles is 1. The van der Waals surface area contributed by atoms with Crippen molar-refractivity contribution in [2.24, 2.45) is 0 Å². The molecular formula is C23H24BrNO5. The van der Waals surface area contributed by atoms with Crippen LogP contribution < -0.4 is 9.47 Å². The van der Waals surface area contributed by atoms with Gasteiger partial charge in [0.1, 0.15) is 11.5 Å². The molecule has 2 aromatic carbocycles. The first-order valence-electron chi connectivity index (χ1n) is 9.77. The summed E-state index contributed by atoms with van der Waals surface area (Å²) >= 11 is 3.09. The second kappa shape index (κ2) is 12.0. The Balaban J connectivity index is 2.05. The maximum atomic E-state index is 12.4. The predicted molar refractivity (Wildman–Crippen MR) is 116 cm³/mol. The number of Topliss-reactive ketones (excluding diaryl/α,β-unsaturated/α-hetero) is 1. The van der Waals surface area contributed by atoms with Crippen molar-refractivity contribution in [1.29, 1.82) is 5.26 Å². The topological polar surface area (TPSA) is 85.6 Å². The molecule has 158 valence electrons. The van der Waals surface area contributed by atoms with Crippen LogP contribution in [0.5, 0.6) is 11.5 Å². The molecule has 0 fully saturated rings. The highest BCUT2D eigenvalue weighted by molar-refractivity contribution is 9.10. The lowest BCUT2D eigenvalue weighted by Crippen LogP contribution is -2.26. The van der Waals surface area contributed by atoms with Gasteiger partial charge in [-0.05, 0) is 61.9 Å². The molecule has 2 unspecified atom stereocenters. The van der Waals surface area contributed by atoms with E-state index in [2.05, 4.69) is 28.9 Å². The van der Waals surface area contributed by atoms with Crippen LogP contribution in [0, 0.1) is 11.3 Å². The maximum Gasteiger partial charge on any atom is 0.327 e. The number of esters is 1. The third-order valence-electron chi connectivity index (χ3n) is 4.17. The van der Waals surface area contributed by atoms with Gasteiger partial charge in [0, 0.05) is 12.0 Å². The van der Waals surface area contributed by atoms with Crippen molar-refractivity contribution < 1.29 is 23.8 Å². The van der Waals surface area contributed by atoms with Gasteiger partial charge in [-0.2, -0.15) is 5.26 Å². The summed E-state index contributed by atoms with van der Waals surface area (Å²) in [7, 11) is 0. The van der Waals surface area contributed by atoms with Gasteiger partial charge in [-0.1, -0.05) is 29.3 Å². The molecule has 0 aliphatic carbocycles. The number of ether oxygens (including phenoxy) is 3. The first-order valence-corrected chi connectivity index (χ1v) is 10.7. The van der Waals surface area contributed by atoms with Crippen LogP contribution in [-0.2, 0) is 9.53 Å². The summed E-state index contributed by atoms with van der Waals surface area (Å²) in [5.41, 5.74) is 0.928. The van der Waals surface area contributed by atoms with Crippen LogP contribution >= 0.6 is 15.9 Å². The van der Waals surface area contributed by atoms with E-state index in [0.717, 1.165) is 12.8 Å². The summed E-state index contributed by atoms with van der Waals surface area (Å²) < 4.78 is 16.7. The molecule has 7 heteroatoms. The molecule has 0 amide bonds. The summed E-state index contributed by atoms with van der Waals surface area (Å²) in [6.07, 6.45) is 2.08. The molecule has 30 heavy (non-hydrogen) atoms. The second-order valence-electron chi connectivity index (χ2n) is 6.45. The third kappa shape index (κ3) is 6.89. The van der Waals surface area contributed by atoms with Crippen molar-refractivity contribution in [2.75, 3.05) is 6.61 Å². The Morgan fingerprint density at radius 3 is 2.07 bits per heavy atom. The Kier molecular flexibility index (Phi) is 9.36. The van der Waals surface area contributed by atoms with E-state index < -0.39 is 17.1 Å². The SMILES string of the molecule is CCCCC(Oc1ccc(C#N)cc1)Oc1ccc(C(=O)C(Br)C(=O)OCC)cc1. The minimum atomic E-state index is -1.04. The molecular weight excluding hydrogens is 450 g/mol. The van der Waals surface area contributed by atoms with E-state index in [4.69, 9.17) is 19.5 Å². The van der Waals surface area contributed by atoms with E-state index in [0.29, 0.717) is 29.0 Å². The summed E-state index contributed by atoms with van der Waals surface area (Å²) in [6, 6.07) is 15.4. The molecule has 0 radical (unpaired) electrons. The first-order chi connectivity index (χ1) is 14.5. The lowest BCUT2D eigenvalue weighted by molar-refractivity contribution is -0.141. The van der Waals surface area contributed by atoms with E-state index >= 15 is 0 Å². The molecule has 2 rings (SSSR count). The van der Waals surface area contributed by atoms with Crippen molar-refractivity contribution in [2.45, 2.75) is 44.2 Å². The van der Waals surface area contributed by atoms with Crippen LogP contribution in [0.3, 0.4) is 0 Å². The van der Waals surface area contributed by atoms with E-state index in [1.807, 2.05) is 0 Å². The predicted octanol–water partition coefficient (Wildman–Crippen LogP) is 5.04. The zero-order valence-corrected chi connectivity index (χ0v) is 18.6. The number of carbonyl (C=O) groups excluding carboxylic acids is 2. The number of halogens is 1. The van der Waals surface area contributed by atoms with Gasteiger partial charge in [0.15, 0.2) is 10.6 Å². The minimum absolute atomic E-state index is 0.208. The van der Waals surface area contributed by atoms with Crippen molar-refractivity contribution in [3.63, 3.8) is 0 Å². The normalized spacial score (nSPS) is 12.3. The van der Waals surface area contributed by atoms with Crippen LogP contribution in [0.1, 0.15) is 49.0 Å². The first kappa shape index (κ1) is 23.4. The van der Waals surface area contributed by atoms with E-state index in [9.17, 15) is 9.59 Å². The quantitative estimate of drug-likeness (QED) is 0.149. The number of nitrogens with zero attached hydrogens (tertiary/aromatic N) is 1. The van der Waals surface area contributed by atoms with Gasteiger partial charge in [0.2, 0.25) is 6.29 Å². The molecule has 0 N–H and O–H groups in total. The van der Waals surface area contributed by atoms with Crippen LogP contribution in [0.2, 0.25) is 0 Å². The van der Waals surface area contributed by atoms with Gasteiger partial charge in [-0.3, -0.25) is 9.59 Å². The number of unbranched alkanes of at least 4 members (excludes halogenated alkanes) is 1. The zero-order chi connectivity index (χ0) is 21.9. The monoisotopic (exact) mass is 473 g/mol. The Bertz CT molecular complexity index is 874. The molecule has 0 saturated heterocycles. The smallest absolute Gasteiger partial charge is 0.327 e. The molecule has 0 aromatic heterocycles. The number of ketones is 1. The molecule has 0 bridgehead atoms. The Morgan fingerprint density at radius 2 is 1.57 bits per heavy atom. The number of hydrogen-bond donors (Lipinski definition) is 0. The maximum absolute atomic E-state index is 12.4. The standard InChI is InChI=1S/C23H24BrNO5/c1-3-5-6-20(29-18-11-7-16(15-25)8-12-18)30-19-13-9-17(10-14-19)22(26)21(24)23(27)28-4-2/h7-14,20-21H,3-6H2,1-2H3. The van der Waals surface area contributed by atoms with Crippen LogP contribution in [0.4, 0.5) is 0 Å². The van der Waals surface area contributed by atoms with Gasteiger partial charge in [0.05, 0.1) is 18.2 Å². The van der Waals surface area contributed by atoms with Crippen molar-refractivity contribution in [3.05, 3.63) is 59.7 Å². The fraction of sp³-hybridized carbons (Fsp3) is 0.348. The van der Waals surface area contributed by atoms with Gasteiger partial charge in [0.25, 0.3) is 0 Å². The minimum Gasteiger partial charge on any atom is -0.465 e. The fourth-order valence-corrected chi connectivity index (χ4v) is 2.99.